The fourth-order valence-electron chi connectivity index (χ4n) is 3.73. The Balaban J connectivity index is 1.81. The van der Waals surface area contributed by atoms with Crippen LogP contribution in [0.3, 0.4) is 0 Å². The highest BCUT2D eigenvalue weighted by Gasteiger charge is 2.31. The van der Waals surface area contributed by atoms with Crippen LogP contribution in [0.1, 0.15) is 50.0 Å². The minimum Gasteiger partial charge on any atom is -0.395 e. The quantitative estimate of drug-likeness (QED) is 0.414. The molecule has 0 unspecified atom stereocenters. The van der Waals surface area contributed by atoms with Gasteiger partial charge in [-0.2, -0.15) is 12.6 Å². The third-order valence-corrected chi connectivity index (χ3v) is 6.88. The van der Waals surface area contributed by atoms with Gasteiger partial charge in [0.2, 0.25) is 0 Å². The van der Waals surface area contributed by atoms with Crippen LogP contribution in [-0.2, 0) is 11.2 Å². The van der Waals surface area contributed by atoms with Gasteiger partial charge in [-0.3, -0.25) is 19.4 Å². The number of piperazine rings is 1. The summed E-state index contributed by atoms with van der Waals surface area (Å²) in [5.74, 6) is 0.953. The summed E-state index contributed by atoms with van der Waals surface area (Å²) in [5.41, 5.74) is 1.60. The average Bonchev–Trinajstić information content (AvgIpc) is 2.74. The van der Waals surface area contributed by atoms with Gasteiger partial charge < -0.3 is 5.11 Å². The highest BCUT2D eigenvalue weighted by molar-refractivity contribution is 7.80. The number of rotatable bonds is 11. The lowest BCUT2D eigenvalue weighted by Gasteiger charge is -2.41. The van der Waals surface area contributed by atoms with Crippen molar-refractivity contribution >= 4 is 24.2 Å². The monoisotopic (exact) mass is 434 g/mol. The van der Waals surface area contributed by atoms with Crippen LogP contribution >= 0.6 is 12.6 Å². The van der Waals surface area contributed by atoms with Crippen LogP contribution in [0, 0.1) is 11.3 Å². The second-order valence-corrected chi connectivity index (χ2v) is 9.71. The predicted molar refractivity (Wildman–Crippen MR) is 125 cm³/mol. The van der Waals surface area contributed by atoms with Crippen LogP contribution in [0.15, 0.2) is 24.3 Å². The molecule has 5 nitrogen and oxygen atoms in total. The number of ketones is 2. The van der Waals surface area contributed by atoms with Gasteiger partial charge in [-0.25, -0.2) is 0 Å². The van der Waals surface area contributed by atoms with Crippen molar-refractivity contribution in [3.05, 3.63) is 35.4 Å². The molecule has 1 N–H and O–H groups in total. The molecule has 1 aliphatic rings. The molecule has 0 saturated carbocycles. The zero-order chi connectivity index (χ0) is 22.3. The SMILES string of the molecule is CC(C)C(=O)c1ccc(CCCN2CCN(CC(=O)C(C)(C)CS)C[C@@H]2CO)cc1. The van der Waals surface area contributed by atoms with Crippen LogP contribution in [0.5, 0.6) is 0 Å². The number of carbonyl (C=O) groups excluding carboxylic acids is 2. The molecule has 30 heavy (non-hydrogen) atoms. The minimum absolute atomic E-state index is 0.0178. The standard InChI is InChI=1S/C24H38N2O3S/c1-18(2)23(29)20-9-7-19(8-10-20)6-5-11-26-13-12-25(14-21(26)16-27)15-22(28)24(3,4)17-30/h7-10,18,21,27,30H,5-6,11-17H2,1-4H3/t21-/m1/s1. The predicted octanol–water partition coefficient (Wildman–Crippen LogP) is 2.96. The number of hydrogen-bond donors (Lipinski definition) is 2. The first-order valence-electron chi connectivity index (χ1n) is 11.0. The van der Waals surface area contributed by atoms with Crippen molar-refractivity contribution in [3.8, 4) is 0 Å². The molecule has 1 aliphatic heterocycles. The molecule has 0 bridgehead atoms. The van der Waals surface area contributed by atoms with Crippen LogP contribution in [-0.4, -0.2) is 77.6 Å². The first-order chi connectivity index (χ1) is 14.2. The van der Waals surface area contributed by atoms with Gasteiger partial charge in [-0.05, 0) is 24.9 Å². The molecular weight excluding hydrogens is 396 g/mol. The Kier molecular flexibility index (Phi) is 9.54. The summed E-state index contributed by atoms with van der Waals surface area (Å²) >= 11 is 4.30. The second-order valence-electron chi connectivity index (χ2n) is 9.39. The first-order valence-corrected chi connectivity index (χ1v) is 11.7. The van der Waals surface area contributed by atoms with Gasteiger partial charge >= 0.3 is 0 Å². The maximum Gasteiger partial charge on any atom is 0.165 e. The van der Waals surface area contributed by atoms with Crippen molar-refractivity contribution in [1.82, 2.24) is 9.80 Å². The van der Waals surface area contributed by atoms with Gasteiger partial charge in [0.05, 0.1) is 13.2 Å². The Labute approximate surface area is 187 Å². The van der Waals surface area contributed by atoms with E-state index in [0.29, 0.717) is 12.3 Å². The first kappa shape index (κ1) is 25.1. The Morgan fingerprint density at radius 3 is 2.43 bits per heavy atom. The normalized spacial score (nSPS) is 18.7. The van der Waals surface area contributed by atoms with Crippen LogP contribution < -0.4 is 0 Å². The molecule has 0 aliphatic carbocycles. The van der Waals surface area contributed by atoms with Gasteiger partial charge in [-0.1, -0.05) is 52.0 Å². The summed E-state index contributed by atoms with van der Waals surface area (Å²) in [4.78, 5) is 29.0. The fourth-order valence-corrected chi connectivity index (χ4v) is 3.91. The Bertz CT molecular complexity index is 703. The van der Waals surface area contributed by atoms with Crippen LogP contribution in [0.4, 0.5) is 0 Å². The van der Waals surface area contributed by atoms with Gasteiger partial charge in [0.1, 0.15) is 0 Å². The summed E-state index contributed by atoms with van der Waals surface area (Å²) in [6.45, 7) is 11.6. The van der Waals surface area contributed by atoms with Crippen molar-refractivity contribution in [2.45, 2.75) is 46.6 Å². The molecule has 6 heteroatoms. The number of thiol groups is 1. The van der Waals surface area contributed by atoms with Crippen molar-refractivity contribution in [2.24, 2.45) is 11.3 Å². The van der Waals surface area contributed by atoms with Gasteiger partial charge in [0.25, 0.3) is 0 Å². The molecule has 1 atom stereocenters. The average molecular weight is 435 g/mol. The second kappa shape index (κ2) is 11.4. The van der Waals surface area contributed by atoms with E-state index in [1.54, 1.807) is 0 Å². The third-order valence-electron chi connectivity index (χ3n) is 6.09. The lowest BCUT2D eigenvalue weighted by atomic mass is 9.90. The van der Waals surface area contributed by atoms with E-state index in [2.05, 4.69) is 22.4 Å². The van der Waals surface area contributed by atoms with Crippen molar-refractivity contribution in [1.29, 1.82) is 0 Å². The number of aryl methyl sites for hydroxylation is 1. The number of nitrogens with zero attached hydrogens (tertiary/aromatic N) is 2. The molecule has 1 heterocycles. The number of Topliss-reactive ketones (excluding diaryl/α,β-unsaturated/α-hetero) is 2. The number of carbonyl (C=O) groups is 2. The lowest BCUT2D eigenvalue weighted by Crippen LogP contribution is -2.56. The topological polar surface area (TPSA) is 60.9 Å². The van der Waals surface area contributed by atoms with E-state index in [-0.39, 0.29) is 30.1 Å². The zero-order valence-corrected chi connectivity index (χ0v) is 19.8. The summed E-state index contributed by atoms with van der Waals surface area (Å²) in [6.07, 6.45) is 1.95. The van der Waals surface area contributed by atoms with Crippen molar-refractivity contribution in [2.75, 3.05) is 45.1 Å². The number of hydrogen-bond acceptors (Lipinski definition) is 6. The smallest absolute Gasteiger partial charge is 0.165 e. The minimum atomic E-state index is -0.412. The van der Waals surface area contributed by atoms with Crippen LogP contribution in [0.25, 0.3) is 0 Å². The highest BCUT2D eigenvalue weighted by Crippen LogP contribution is 2.20. The molecule has 2 rings (SSSR count). The lowest BCUT2D eigenvalue weighted by molar-refractivity contribution is -0.128. The van der Waals surface area contributed by atoms with E-state index in [1.807, 2.05) is 52.0 Å². The fraction of sp³-hybridized carbons (Fsp3) is 0.667. The molecule has 1 saturated heterocycles. The summed E-state index contributed by atoms with van der Waals surface area (Å²) < 4.78 is 0. The molecular formula is C24H38N2O3S. The van der Waals surface area contributed by atoms with Crippen LogP contribution in [0.2, 0.25) is 0 Å². The van der Waals surface area contributed by atoms with Gasteiger partial charge in [0.15, 0.2) is 11.6 Å². The van der Waals surface area contributed by atoms with E-state index in [1.165, 1.54) is 5.56 Å². The molecule has 1 fully saturated rings. The van der Waals surface area contributed by atoms with Gasteiger partial charge in [-0.15, -0.1) is 0 Å². The molecule has 0 aromatic heterocycles. The number of benzene rings is 1. The molecule has 0 radical (unpaired) electrons. The van der Waals surface area contributed by atoms with E-state index >= 15 is 0 Å². The van der Waals surface area contributed by atoms with E-state index < -0.39 is 5.41 Å². The Morgan fingerprint density at radius 1 is 1.20 bits per heavy atom. The Hall–Kier alpha value is -1.21. The molecule has 1 aromatic rings. The maximum atomic E-state index is 12.5. The summed E-state index contributed by atoms with van der Waals surface area (Å²) in [5, 5.41) is 9.87. The maximum absolute atomic E-state index is 12.5. The van der Waals surface area contributed by atoms with E-state index in [0.717, 1.165) is 44.6 Å². The third kappa shape index (κ3) is 6.91. The zero-order valence-electron chi connectivity index (χ0n) is 18.9. The summed E-state index contributed by atoms with van der Waals surface area (Å²) in [7, 11) is 0. The molecule has 0 spiro atoms. The molecule has 0 amide bonds. The summed E-state index contributed by atoms with van der Waals surface area (Å²) in [6, 6.07) is 8.02. The molecule has 168 valence electrons. The number of aliphatic hydroxyl groups excluding tert-OH is 1. The highest BCUT2D eigenvalue weighted by atomic mass is 32.1. The van der Waals surface area contributed by atoms with Gasteiger partial charge in [0, 0.05) is 48.3 Å². The van der Waals surface area contributed by atoms with Crippen molar-refractivity contribution in [3.63, 3.8) is 0 Å². The van der Waals surface area contributed by atoms with E-state index in [4.69, 9.17) is 0 Å². The number of aliphatic hydroxyl groups is 1. The van der Waals surface area contributed by atoms with E-state index in [9.17, 15) is 14.7 Å². The molecule has 1 aromatic carbocycles. The Morgan fingerprint density at radius 2 is 1.87 bits per heavy atom. The van der Waals surface area contributed by atoms with Crippen molar-refractivity contribution < 1.29 is 14.7 Å². The largest absolute Gasteiger partial charge is 0.395 e.